The molecule has 2 atom stereocenters. The SMILES string of the molecule is CCC(=O)C1=C(c2ccc(Cl)c(Cl)c2)CC2CC[C@H]1N2CCCN(CC[S-])CC([O-])=NCC[S-].[O-2].[Tc+5]. The van der Waals surface area contributed by atoms with Crippen molar-refractivity contribution < 1.29 is 35.5 Å². The molecule has 0 N–H and O–H groups in total. The van der Waals surface area contributed by atoms with Crippen molar-refractivity contribution in [3.8, 4) is 0 Å². The number of benzene rings is 1. The minimum absolute atomic E-state index is 0. The summed E-state index contributed by atoms with van der Waals surface area (Å²) in [5.74, 6) is 1.12. The van der Waals surface area contributed by atoms with Crippen LogP contribution in [0.1, 0.15) is 44.6 Å². The third-order valence-corrected chi connectivity index (χ3v) is 7.77. The Hall–Kier alpha value is -0.0906. The number of ketones is 1. The Labute approximate surface area is 249 Å². The summed E-state index contributed by atoms with van der Waals surface area (Å²) >= 11 is 22.5. The fourth-order valence-electron chi connectivity index (χ4n) is 5.14. The van der Waals surface area contributed by atoms with Gasteiger partial charge in [-0.2, -0.15) is 11.5 Å². The minimum Gasteiger partial charge on any atom is -2.00 e. The van der Waals surface area contributed by atoms with Crippen molar-refractivity contribution in [3.63, 3.8) is 0 Å². The summed E-state index contributed by atoms with van der Waals surface area (Å²) in [4.78, 5) is 21.7. The average Bonchev–Trinajstić information content (AvgIpc) is 3.09. The number of nitrogens with zero attached hydrogens (tertiary/aromatic N) is 3. The van der Waals surface area contributed by atoms with Gasteiger partial charge in [-0.1, -0.05) is 36.2 Å². The zero-order valence-corrected chi connectivity index (χ0v) is 25.4. The molecule has 198 valence electrons. The Bertz CT molecular complexity index is 936. The maximum absolute atomic E-state index is 13.1. The van der Waals surface area contributed by atoms with Crippen molar-refractivity contribution in [2.24, 2.45) is 4.99 Å². The van der Waals surface area contributed by atoms with Gasteiger partial charge in [-0.3, -0.25) is 9.69 Å². The number of hydrogen-bond acceptors (Lipinski definition) is 7. The van der Waals surface area contributed by atoms with Crippen LogP contribution in [0.3, 0.4) is 0 Å². The van der Waals surface area contributed by atoms with E-state index >= 15 is 0 Å². The smallest absolute Gasteiger partial charge is 2.00 e. The largest absolute Gasteiger partial charge is 5.00 e. The first kappa shape index (κ1) is 33.9. The molecule has 2 bridgehead atoms. The van der Waals surface area contributed by atoms with Crippen LogP contribution in [-0.4, -0.2) is 77.8 Å². The molecule has 3 rings (SSSR count). The average molecular weight is 656 g/mol. The number of aliphatic imine (C=N–C) groups is 1. The molecule has 2 aliphatic heterocycles. The van der Waals surface area contributed by atoms with Gasteiger partial charge in [-0.25, -0.2) is 0 Å². The molecule has 11 heteroatoms. The van der Waals surface area contributed by atoms with Crippen LogP contribution < -0.4 is 5.11 Å². The van der Waals surface area contributed by atoms with Crippen LogP contribution in [0, 0.1) is 0 Å². The fourth-order valence-corrected chi connectivity index (χ4v) is 5.79. The van der Waals surface area contributed by atoms with Crippen molar-refractivity contribution in [2.75, 3.05) is 44.2 Å². The van der Waals surface area contributed by atoms with E-state index in [-0.39, 0.29) is 43.3 Å². The summed E-state index contributed by atoms with van der Waals surface area (Å²) in [5, 5.41) is 13.1. The first-order chi connectivity index (χ1) is 16.4. The topological polar surface area (TPSA) is 87.5 Å². The molecule has 0 amide bonds. The quantitative estimate of drug-likeness (QED) is 0.184. The second-order valence-corrected chi connectivity index (χ2v) is 10.4. The van der Waals surface area contributed by atoms with E-state index < -0.39 is 0 Å². The summed E-state index contributed by atoms with van der Waals surface area (Å²) in [6.07, 6.45) is 4.29. The maximum Gasteiger partial charge on any atom is 5.00 e. The van der Waals surface area contributed by atoms with Crippen LogP contribution in [0.5, 0.6) is 0 Å². The number of rotatable bonds is 13. The molecule has 36 heavy (non-hydrogen) atoms. The number of hydrogen-bond donors (Lipinski definition) is 0. The molecule has 1 saturated heterocycles. The standard InChI is InChI=1S/C25H35Cl2N3O2S2.O.Tc/c1-2-23(31)25-19(17-4-6-20(26)21(27)14-17)15-18-5-7-22(25)30(18)10-3-9-29(11-13-34)16-24(32)28-8-12-33;;/h4,6,14,18,22,33-34H,2-3,5,7-13,15-16H2,1H3,(H,28,32);;/q;-2;+5/p-3/t18?,22-;;/m1../s1. The molecule has 0 spiro atoms. The molecule has 1 aromatic carbocycles. The molecular weight excluding hydrogens is 623 g/mol. The number of Topliss-reactive ketones (excluding diaryl/α,β-unsaturated/α-hetero) is 1. The second-order valence-electron chi connectivity index (χ2n) is 8.80. The first-order valence-electron chi connectivity index (χ1n) is 12.0. The van der Waals surface area contributed by atoms with Crippen molar-refractivity contribution in [2.45, 2.75) is 51.1 Å². The molecule has 2 heterocycles. The number of carbonyl (C=O) groups excluding carboxylic acids is 1. The van der Waals surface area contributed by atoms with E-state index in [1.54, 1.807) is 0 Å². The summed E-state index contributed by atoms with van der Waals surface area (Å²) in [7, 11) is 0. The van der Waals surface area contributed by atoms with Crippen LogP contribution in [-0.2, 0) is 55.6 Å². The van der Waals surface area contributed by atoms with E-state index in [1.807, 2.05) is 25.1 Å². The van der Waals surface area contributed by atoms with Crippen molar-refractivity contribution >= 4 is 65.7 Å². The van der Waals surface area contributed by atoms with Gasteiger partial charge in [0.25, 0.3) is 0 Å². The molecule has 0 aromatic heterocycles. The summed E-state index contributed by atoms with van der Waals surface area (Å²) in [6, 6.07) is 6.20. The second kappa shape index (κ2) is 16.8. The van der Waals surface area contributed by atoms with Crippen molar-refractivity contribution in [3.05, 3.63) is 39.4 Å². The van der Waals surface area contributed by atoms with E-state index in [0.717, 1.165) is 55.5 Å². The van der Waals surface area contributed by atoms with Crippen LogP contribution >= 0.6 is 23.2 Å². The van der Waals surface area contributed by atoms with Crippen LogP contribution in [0.4, 0.5) is 0 Å². The molecule has 1 fully saturated rings. The van der Waals surface area contributed by atoms with Crippen LogP contribution in [0.25, 0.3) is 5.57 Å². The normalized spacial score (nSPS) is 19.9. The van der Waals surface area contributed by atoms with Gasteiger partial charge in [0, 0.05) is 43.7 Å². The zero-order chi connectivity index (χ0) is 24.7. The molecule has 2 aliphatic rings. The van der Waals surface area contributed by atoms with E-state index in [4.69, 9.17) is 48.5 Å². The van der Waals surface area contributed by atoms with Gasteiger partial charge in [0.2, 0.25) is 0 Å². The molecular formula is C25H32Cl2N3O3S2Tc. The van der Waals surface area contributed by atoms with Crippen LogP contribution in [0.2, 0.25) is 10.0 Å². The predicted molar refractivity (Wildman–Crippen MR) is 145 cm³/mol. The van der Waals surface area contributed by atoms with Gasteiger partial charge in [-0.05, 0) is 67.9 Å². The molecule has 1 unspecified atom stereocenters. The number of carbonyl (C=O) groups is 1. The summed E-state index contributed by atoms with van der Waals surface area (Å²) in [6.45, 7) is 4.97. The molecule has 0 saturated carbocycles. The predicted octanol–water partition coefficient (Wildman–Crippen LogP) is 3.39. The van der Waals surface area contributed by atoms with Gasteiger partial charge in [0.15, 0.2) is 5.78 Å². The molecule has 1 aromatic rings. The Morgan fingerprint density at radius 2 is 1.94 bits per heavy atom. The maximum atomic E-state index is 13.1. The summed E-state index contributed by atoms with van der Waals surface area (Å²) < 4.78 is 0. The Kier molecular flexibility index (Phi) is 15.8. The van der Waals surface area contributed by atoms with Gasteiger partial charge < -0.3 is 45.7 Å². The minimum atomic E-state index is -0.128. The fraction of sp³-hybridized carbons (Fsp3) is 0.600. The molecule has 6 nitrogen and oxygen atoms in total. The van der Waals surface area contributed by atoms with Gasteiger partial charge in [0.1, 0.15) is 0 Å². The number of fused-ring (bicyclic) bond motifs is 2. The van der Waals surface area contributed by atoms with Gasteiger partial charge in [0.05, 0.1) is 10.0 Å². The summed E-state index contributed by atoms with van der Waals surface area (Å²) in [5.41, 5.74) is 3.06. The van der Waals surface area contributed by atoms with Crippen molar-refractivity contribution in [1.82, 2.24) is 9.80 Å². The van der Waals surface area contributed by atoms with Gasteiger partial charge >= 0.3 is 20.1 Å². The zero-order valence-electron chi connectivity index (χ0n) is 20.4. The monoisotopic (exact) mass is 653 g/mol. The first-order valence-corrected chi connectivity index (χ1v) is 13.9. The van der Waals surface area contributed by atoms with E-state index in [9.17, 15) is 9.90 Å². The van der Waals surface area contributed by atoms with E-state index in [2.05, 4.69) is 14.8 Å². The third-order valence-electron chi connectivity index (χ3n) is 6.67. The Balaban J connectivity index is 0.00000324. The third kappa shape index (κ3) is 8.72. The molecule has 0 radical (unpaired) electrons. The van der Waals surface area contributed by atoms with Crippen LogP contribution in [0.15, 0.2) is 28.8 Å². The number of halogens is 2. The van der Waals surface area contributed by atoms with E-state index in [1.165, 1.54) is 0 Å². The Morgan fingerprint density at radius 1 is 1.19 bits per heavy atom. The van der Waals surface area contributed by atoms with Gasteiger partial charge in [-0.15, -0.1) is 0 Å². The Morgan fingerprint density at radius 3 is 2.58 bits per heavy atom. The van der Waals surface area contributed by atoms with Crippen molar-refractivity contribution in [1.29, 1.82) is 0 Å². The molecule has 0 aliphatic carbocycles. The van der Waals surface area contributed by atoms with E-state index in [0.29, 0.717) is 53.6 Å².